The van der Waals surface area contributed by atoms with Crippen LogP contribution in [0.4, 0.5) is 62.8 Å². The monoisotopic (exact) mass is 624 g/mol. The van der Waals surface area contributed by atoms with Crippen LogP contribution in [0.3, 0.4) is 0 Å². The molecular weight excluding hydrogens is 599 g/mol. The summed E-state index contributed by atoms with van der Waals surface area (Å²) >= 11 is 0. The molecule has 1 N–H and O–H groups in total. The second kappa shape index (κ2) is 11.7. The Bertz CT molecular complexity index is 1080. The van der Waals surface area contributed by atoms with Gasteiger partial charge in [0.05, 0.1) is 13.0 Å². The van der Waals surface area contributed by atoms with Crippen molar-refractivity contribution in [3.8, 4) is 5.75 Å². The van der Waals surface area contributed by atoms with Crippen LogP contribution in [0.5, 0.6) is 5.75 Å². The van der Waals surface area contributed by atoms with Gasteiger partial charge in [-0.2, -0.15) is 57.1 Å². The highest BCUT2D eigenvalue weighted by atomic mass is 19.4. The molecule has 1 atom stereocenters. The average molecular weight is 624 g/mol. The second-order valence-electron chi connectivity index (χ2n) is 9.49. The Labute approximate surface area is 225 Å². The molecule has 0 spiro atoms. The van der Waals surface area contributed by atoms with E-state index in [1.807, 2.05) is 0 Å². The molecular formula is C23H25F13N2O3. The minimum absolute atomic E-state index is 0.0573. The molecule has 0 bridgehead atoms. The van der Waals surface area contributed by atoms with Gasteiger partial charge >= 0.3 is 35.8 Å². The van der Waals surface area contributed by atoms with Crippen molar-refractivity contribution in [1.29, 1.82) is 0 Å². The zero-order chi connectivity index (χ0) is 32.6. The highest BCUT2D eigenvalue weighted by Gasteiger charge is 2.90. The van der Waals surface area contributed by atoms with Crippen molar-refractivity contribution in [3.05, 3.63) is 23.3 Å². The fourth-order valence-electron chi connectivity index (χ4n) is 3.73. The quantitative estimate of drug-likeness (QED) is 0.193. The molecule has 0 aromatic heterocycles. The highest BCUT2D eigenvalue weighted by molar-refractivity contribution is 5.96. The van der Waals surface area contributed by atoms with Gasteiger partial charge in [0.25, 0.3) is 0 Å². The highest BCUT2D eigenvalue weighted by Crippen LogP contribution is 2.60. The molecule has 1 aromatic rings. The summed E-state index contributed by atoms with van der Waals surface area (Å²) in [4.78, 5) is 24.7. The van der Waals surface area contributed by atoms with E-state index in [1.165, 1.54) is 33.0 Å². The Hall–Kier alpha value is -2.95. The Kier molecular flexibility index (Phi) is 10.3. The molecule has 1 rings (SSSR count). The number of aryl methyl sites for hydroxylation is 2. The standard InChI is InChI=1S/C23H25F13N2O3/c1-11(2)15(38(5)10-39)17(40)37-14-8-12(3)16(13(4)9-14)41-7-6-18(24,25)19(26,27)20(28,29)21(30,31)22(32,33)23(34,35)36/h8-11,15H,6-7H2,1-5H3,(H,37,40)/t15-/m0/s1. The van der Waals surface area contributed by atoms with Gasteiger partial charge in [0.2, 0.25) is 12.3 Å². The summed E-state index contributed by atoms with van der Waals surface area (Å²) in [6.45, 7) is 4.24. The number of likely N-dealkylation sites (N-methyl/N-ethyl adjacent to an activating group) is 1. The maximum Gasteiger partial charge on any atom is 0.460 e. The number of rotatable bonds is 13. The number of ether oxygens (including phenoxy) is 1. The summed E-state index contributed by atoms with van der Waals surface area (Å²) in [5.41, 5.74) is 0.218. The Morgan fingerprint density at radius 2 is 1.29 bits per heavy atom. The van der Waals surface area contributed by atoms with E-state index in [9.17, 15) is 66.7 Å². The number of halogens is 13. The van der Waals surface area contributed by atoms with Crippen molar-refractivity contribution < 1.29 is 71.4 Å². The van der Waals surface area contributed by atoms with Crippen molar-refractivity contribution in [2.24, 2.45) is 5.92 Å². The number of nitrogens with one attached hydrogen (secondary N) is 1. The van der Waals surface area contributed by atoms with Crippen molar-refractivity contribution >= 4 is 18.0 Å². The van der Waals surface area contributed by atoms with Crippen molar-refractivity contribution in [1.82, 2.24) is 4.90 Å². The van der Waals surface area contributed by atoms with Crippen LogP contribution in [-0.4, -0.2) is 72.7 Å². The second-order valence-corrected chi connectivity index (χ2v) is 9.49. The van der Waals surface area contributed by atoms with Gasteiger partial charge in [0.1, 0.15) is 11.8 Å². The molecule has 18 heteroatoms. The first-order valence-corrected chi connectivity index (χ1v) is 11.4. The molecule has 236 valence electrons. The fraction of sp³-hybridized carbons (Fsp3) is 0.652. The molecule has 0 aliphatic carbocycles. The zero-order valence-electron chi connectivity index (χ0n) is 21.9. The third kappa shape index (κ3) is 6.60. The lowest BCUT2D eigenvalue weighted by Gasteiger charge is -2.39. The van der Waals surface area contributed by atoms with E-state index in [0.717, 1.165) is 4.90 Å². The number of anilines is 1. The SMILES string of the molecule is Cc1cc(NC(=O)[C@H](C(C)C)N(C)C=O)cc(C)c1OCCC(F)(F)C(F)(F)C(F)(F)C(F)(F)C(F)(F)C(F)(F)F. The summed E-state index contributed by atoms with van der Waals surface area (Å²) < 4.78 is 177. The minimum Gasteiger partial charge on any atom is -0.493 e. The van der Waals surface area contributed by atoms with Crippen molar-refractivity contribution in [3.63, 3.8) is 0 Å². The Balaban J connectivity index is 3.14. The summed E-state index contributed by atoms with van der Waals surface area (Å²) in [7, 11) is 1.35. The number of hydrogen-bond donors (Lipinski definition) is 1. The summed E-state index contributed by atoms with van der Waals surface area (Å²) in [5, 5.41) is 2.49. The molecule has 2 amide bonds. The van der Waals surface area contributed by atoms with Gasteiger partial charge in [-0.15, -0.1) is 0 Å². The topological polar surface area (TPSA) is 58.6 Å². The van der Waals surface area contributed by atoms with Crippen LogP contribution >= 0.6 is 0 Å². The number of nitrogens with zero attached hydrogens (tertiary/aromatic N) is 1. The van der Waals surface area contributed by atoms with Crippen LogP contribution in [0.15, 0.2) is 12.1 Å². The third-order valence-electron chi connectivity index (χ3n) is 5.89. The Morgan fingerprint density at radius 3 is 1.68 bits per heavy atom. The largest absolute Gasteiger partial charge is 0.493 e. The number of carbonyl (C=O) groups excluding carboxylic acids is 2. The molecule has 0 saturated heterocycles. The van der Waals surface area contributed by atoms with E-state index in [4.69, 9.17) is 4.74 Å². The minimum atomic E-state index is -7.96. The smallest absolute Gasteiger partial charge is 0.460 e. The lowest BCUT2D eigenvalue weighted by Crippen LogP contribution is -2.70. The lowest BCUT2D eigenvalue weighted by atomic mass is 9.93. The van der Waals surface area contributed by atoms with E-state index < -0.39 is 60.8 Å². The van der Waals surface area contributed by atoms with Crippen molar-refractivity contribution in [2.45, 2.75) is 75.9 Å². The Morgan fingerprint density at radius 1 is 0.854 bits per heavy atom. The van der Waals surface area contributed by atoms with Crippen LogP contribution in [0.1, 0.15) is 31.4 Å². The maximum atomic E-state index is 14.0. The molecule has 5 nitrogen and oxygen atoms in total. The van der Waals surface area contributed by atoms with Crippen LogP contribution in [0.25, 0.3) is 0 Å². The first-order chi connectivity index (χ1) is 18.2. The number of alkyl halides is 13. The van der Waals surface area contributed by atoms with Gasteiger partial charge in [-0.3, -0.25) is 9.59 Å². The summed E-state index contributed by atoms with van der Waals surface area (Å²) in [6.07, 6.45) is -9.57. The summed E-state index contributed by atoms with van der Waals surface area (Å²) in [5.74, 6) is -38.5. The predicted octanol–water partition coefficient (Wildman–Crippen LogP) is 6.86. The van der Waals surface area contributed by atoms with Crippen LogP contribution in [0, 0.1) is 19.8 Å². The van der Waals surface area contributed by atoms with Crippen molar-refractivity contribution in [2.75, 3.05) is 19.0 Å². The van der Waals surface area contributed by atoms with Gasteiger partial charge < -0.3 is 15.0 Å². The number of hydrogen-bond acceptors (Lipinski definition) is 3. The molecule has 0 saturated carbocycles. The van der Waals surface area contributed by atoms with E-state index in [0.29, 0.717) is 6.41 Å². The molecule has 0 aliphatic heterocycles. The molecule has 1 aromatic carbocycles. The van der Waals surface area contributed by atoms with E-state index in [-0.39, 0.29) is 28.5 Å². The van der Waals surface area contributed by atoms with Gasteiger partial charge in [-0.1, -0.05) is 13.8 Å². The molecule has 0 radical (unpaired) electrons. The van der Waals surface area contributed by atoms with Gasteiger partial charge in [0.15, 0.2) is 0 Å². The first kappa shape index (κ1) is 36.1. The summed E-state index contributed by atoms with van der Waals surface area (Å²) in [6, 6.07) is 1.51. The maximum absolute atomic E-state index is 14.0. The van der Waals surface area contributed by atoms with Gasteiger partial charge in [-0.25, -0.2) is 0 Å². The predicted molar refractivity (Wildman–Crippen MR) is 118 cm³/mol. The third-order valence-corrected chi connectivity index (χ3v) is 5.89. The number of carbonyl (C=O) groups is 2. The molecule has 0 heterocycles. The average Bonchev–Trinajstić information content (AvgIpc) is 2.79. The van der Waals surface area contributed by atoms with Gasteiger partial charge in [0, 0.05) is 12.7 Å². The fourth-order valence-corrected chi connectivity index (χ4v) is 3.73. The van der Waals surface area contributed by atoms with E-state index in [1.54, 1.807) is 13.8 Å². The molecule has 0 unspecified atom stereocenters. The molecule has 0 aliphatic rings. The molecule has 0 fully saturated rings. The zero-order valence-corrected chi connectivity index (χ0v) is 21.9. The van der Waals surface area contributed by atoms with E-state index >= 15 is 0 Å². The van der Waals surface area contributed by atoms with Crippen LogP contribution < -0.4 is 10.1 Å². The molecule has 41 heavy (non-hydrogen) atoms. The number of amides is 2. The van der Waals surface area contributed by atoms with Gasteiger partial charge in [-0.05, 0) is 43.0 Å². The normalized spacial score (nSPS) is 14.6. The lowest BCUT2D eigenvalue weighted by molar-refractivity contribution is -0.440. The van der Waals surface area contributed by atoms with Crippen LogP contribution in [-0.2, 0) is 9.59 Å². The first-order valence-electron chi connectivity index (χ1n) is 11.4. The van der Waals surface area contributed by atoms with Crippen LogP contribution in [0.2, 0.25) is 0 Å². The number of benzene rings is 1. The van der Waals surface area contributed by atoms with E-state index in [2.05, 4.69) is 5.32 Å².